The lowest BCUT2D eigenvalue weighted by Crippen LogP contribution is -2.28. The molecule has 118 valence electrons. The molecule has 0 spiro atoms. The van der Waals surface area contributed by atoms with Crippen LogP contribution in [0.1, 0.15) is 39.2 Å². The van der Waals surface area contributed by atoms with E-state index in [2.05, 4.69) is 15.0 Å². The van der Waals surface area contributed by atoms with Crippen molar-refractivity contribution in [3.63, 3.8) is 0 Å². The Morgan fingerprint density at radius 2 is 2.23 bits per heavy atom. The number of aliphatic hydroxyl groups is 1. The number of allylic oxidation sites excluding steroid dienone is 1. The molecule has 0 aromatic carbocycles. The summed E-state index contributed by atoms with van der Waals surface area (Å²) in [5.74, 6) is 0.462. The highest BCUT2D eigenvalue weighted by Crippen LogP contribution is 2.26. The van der Waals surface area contributed by atoms with Crippen LogP contribution in [-0.2, 0) is 4.79 Å². The lowest BCUT2D eigenvalue weighted by atomic mass is 10.1. The summed E-state index contributed by atoms with van der Waals surface area (Å²) >= 11 is 0. The lowest BCUT2D eigenvalue weighted by Gasteiger charge is -2.17. The van der Waals surface area contributed by atoms with Gasteiger partial charge >= 0.3 is 0 Å². The van der Waals surface area contributed by atoms with E-state index >= 15 is 0 Å². The maximum atomic E-state index is 11.6. The highest BCUT2D eigenvalue weighted by atomic mass is 16.5. The Morgan fingerprint density at radius 3 is 2.91 bits per heavy atom. The molecule has 0 unspecified atom stereocenters. The van der Waals surface area contributed by atoms with Gasteiger partial charge in [0.25, 0.3) is 0 Å². The van der Waals surface area contributed by atoms with E-state index in [1.165, 1.54) is 6.33 Å². The van der Waals surface area contributed by atoms with E-state index in [0.717, 1.165) is 12.0 Å². The number of nitrogens with zero attached hydrogens (tertiary/aromatic N) is 2. The molecule has 2 aromatic heterocycles. The molecule has 0 amide bonds. The molecule has 6 heteroatoms. The zero-order valence-corrected chi connectivity index (χ0v) is 13.1. The average molecular weight is 303 g/mol. The predicted octanol–water partition coefficient (Wildman–Crippen LogP) is 2.49. The van der Waals surface area contributed by atoms with Crippen molar-refractivity contribution in [2.24, 2.45) is 0 Å². The van der Waals surface area contributed by atoms with E-state index in [4.69, 9.17) is 4.74 Å². The van der Waals surface area contributed by atoms with Crippen LogP contribution in [0.2, 0.25) is 0 Å². The molecule has 0 saturated carbocycles. The van der Waals surface area contributed by atoms with Crippen LogP contribution in [0.15, 0.2) is 18.6 Å². The van der Waals surface area contributed by atoms with Gasteiger partial charge in [-0.15, -0.1) is 0 Å². The molecule has 0 aliphatic heterocycles. The van der Waals surface area contributed by atoms with Gasteiger partial charge in [0, 0.05) is 18.2 Å². The second-order valence-corrected chi connectivity index (χ2v) is 5.80. The van der Waals surface area contributed by atoms with Crippen LogP contribution in [0.4, 0.5) is 0 Å². The predicted molar refractivity (Wildman–Crippen MR) is 84.6 cm³/mol. The number of fused-ring (bicyclic) bond motifs is 1. The largest absolute Gasteiger partial charge is 0.474 e. The van der Waals surface area contributed by atoms with Crippen LogP contribution in [-0.4, -0.2) is 38.0 Å². The molecule has 0 radical (unpaired) electrons. The Morgan fingerprint density at radius 1 is 1.45 bits per heavy atom. The fourth-order valence-electron chi connectivity index (χ4n) is 1.96. The number of ether oxygens (including phenoxy) is 1. The number of ketones is 1. The summed E-state index contributed by atoms with van der Waals surface area (Å²) in [7, 11) is 0. The lowest BCUT2D eigenvalue weighted by molar-refractivity contribution is -0.114. The van der Waals surface area contributed by atoms with Crippen molar-refractivity contribution in [3.8, 4) is 5.88 Å². The van der Waals surface area contributed by atoms with Crippen LogP contribution in [0.5, 0.6) is 5.88 Å². The third-order valence-electron chi connectivity index (χ3n) is 2.97. The molecular weight excluding hydrogens is 282 g/mol. The summed E-state index contributed by atoms with van der Waals surface area (Å²) in [5.41, 5.74) is 0.454. The van der Waals surface area contributed by atoms with Crippen molar-refractivity contribution < 1.29 is 14.6 Å². The zero-order valence-electron chi connectivity index (χ0n) is 13.1. The van der Waals surface area contributed by atoms with Crippen LogP contribution in [0, 0.1) is 0 Å². The highest BCUT2D eigenvalue weighted by molar-refractivity contribution is 5.97. The molecule has 2 rings (SSSR count). The molecule has 0 aliphatic carbocycles. The van der Waals surface area contributed by atoms with Gasteiger partial charge in [-0.1, -0.05) is 6.92 Å². The fraction of sp³-hybridized carbons (Fsp3) is 0.438. The van der Waals surface area contributed by atoms with Gasteiger partial charge in [0.1, 0.15) is 18.6 Å². The summed E-state index contributed by atoms with van der Waals surface area (Å²) in [4.78, 5) is 22.9. The summed E-state index contributed by atoms with van der Waals surface area (Å²) in [6, 6.07) is 0. The Bertz CT molecular complexity index is 683. The van der Waals surface area contributed by atoms with Crippen molar-refractivity contribution >= 4 is 22.9 Å². The molecule has 2 aromatic rings. The summed E-state index contributed by atoms with van der Waals surface area (Å²) in [6.45, 7) is 5.40. The molecule has 2 heterocycles. The first-order valence-electron chi connectivity index (χ1n) is 7.29. The van der Waals surface area contributed by atoms with Crippen LogP contribution < -0.4 is 4.74 Å². The monoisotopic (exact) mass is 303 g/mol. The standard InChI is InChI=1S/C16H21N3O3/c1-4-5-12(20)7-6-11-8-17-14-13(11)15(19-10-18-14)22-9-16(2,3)21/h6-8,10,21H,4-5,9H2,1-3H3,(H,17,18,19)/b7-6+. The van der Waals surface area contributed by atoms with Gasteiger partial charge in [-0.25, -0.2) is 9.97 Å². The Kier molecular flexibility index (Phi) is 4.92. The van der Waals surface area contributed by atoms with E-state index in [9.17, 15) is 9.90 Å². The number of hydrogen-bond acceptors (Lipinski definition) is 5. The Hall–Kier alpha value is -2.21. The third kappa shape index (κ3) is 4.14. The molecule has 0 saturated heterocycles. The van der Waals surface area contributed by atoms with Gasteiger partial charge in [0.2, 0.25) is 5.88 Å². The van der Waals surface area contributed by atoms with Crippen molar-refractivity contribution in [2.45, 2.75) is 39.2 Å². The number of hydrogen-bond donors (Lipinski definition) is 2. The van der Waals surface area contributed by atoms with E-state index in [1.807, 2.05) is 6.92 Å². The number of H-pyrrole nitrogens is 1. The minimum atomic E-state index is -0.958. The van der Waals surface area contributed by atoms with Crippen molar-refractivity contribution in [3.05, 3.63) is 24.2 Å². The molecule has 6 nitrogen and oxygen atoms in total. The second-order valence-electron chi connectivity index (χ2n) is 5.80. The molecule has 0 fully saturated rings. The van der Waals surface area contributed by atoms with Crippen LogP contribution in [0.25, 0.3) is 17.1 Å². The van der Waals surface area contributed by atoms with Gasteiger partial charge in [0.05, 0.1) is 11.0 Å². The smallest absolute Gasteiger partial charge is 0.226 e. The van der Waals surface area contributed by atoms with Crippen molar-refractivity contribution in [1.82, 2.24) is 15.0 Å². The molecule has 0 aliphatic rings. The van der Waals surface area contributed by atoms with E-state index in [-0.39, 0.29) is 12.4 Å². The Balaban J connectivity index is 2.30. The van der Waals surface area contributed by atoms with Crippen LogP contribution >= 0.6 is 0 Å². The first kappa shape index (κ1) is 16.2. The number of carbonyl (C=O) groups is 1. The number of nitrogens with one attached hydrogen (secondary N) is 1. The van der Waals surface area contributed by atoms with E-state index < -0.39 is 5.60 Å². The summed E-state index contributed by atoms with van der Waals surface area (Å²) in [5, 5.41) is 10.5. The molecule has 0 atom stereocenters. The highest BCUT2D eigenvalue weighted by Gasteiger charge is 2.17. The maximum Gasteiger partial charge on any atom is 0.226 e. The summed E-state index contributed by atoms with van der Waals surface area (Å²) < 4.78 is 5.60. The fourth-order valence-corrected chi connectivity index (χ4v) is 1.96. The number of aromatic nitrogens is 3. The third-order valence-corrected chi connectivity index (χ3v) is 2.97. The molecule has 0 bridgehead atoms. The number of carbonyl (C=O) groups excluding carboxylic acids is 1. The minimum Gasteiger partial charge on any atom is -0.474 e. The zero-order chi connectivity index (χ0) is 16.2. The molecule has 22 heavy (non-hydrogen) atoms. The van der Waals surface area contributed by atoms with Gasteiger partial charge in [-0.2, -0.15) is 0 Å². The SMILES string of the molecule is CCCC(=O)/C=C/c1c[nH]c2ncnc(OCC(C)(C)O)c12. The second kappa shape index (κ2) is 6.70. The topological polar surface area (TPSA) is 88.1 Å². The maximum absolute atomic E-state index is 11.6. The minimum absolute atomic E-state index is 0.0765. The van der Waals surface area contributed by atoms with Gasteiger partial charge in [0.15, 0.2) is 5.78 Å². The van der Waals surface area contributed by atoms with Gasteiger partial charge < -0.3 is 14.8 Å². The number of rotatable bonds is 7. The van der Waals surface area contributed by atoms with Crippen LogP contribution in [0.3, 0.4) is 0 Å². The average Bonchev–Trinajstić information content (AvgIpc) is 2.86. The van der Waals surface area contributed by atoms with E-state index in [0.29, 0.717) is 23.3 Å². The van der Waals surface area contributed by atoms with Crippen molar-refractivity contribution in [2.75, 3.05) is 6.61 Å². The Labute approximate surface area is 129 Å². The summed E-state index contributed by atoms with van der Waals surface area (Å²) in [6.07, 6.45) is 7.79. The number of aromatic amines is 1. The first-order chi connectivity index (χ1) is 10.4. The van der Waals surface area contributed by atoms with Gasteiger partial charge in [-0.05, 0) is 32.4 Å². The van der Waals surface area contributed by atoms with Gasteiger partial charge in [-0.3, -0.25) is 4.79 Å². The molecule has 2 N–H and O–H groups in total. The molecular formula is C16H21N3O3. The first-order valence-corrected chi connectivity index (χ1v) is 7.29. The normalized spacial score (nSPS) is 12.2. The van der Waals surface area contributed by atoms with Crippen molar-refractivity contribution in [1.29, 1.82) is 0 Å². The quantitative estimate of drug-likeness (QED) is 0.767. The van der Waals surface area contributed by atoms with E-state index in [1.54, 1.807) is 32.2 Å².